The van der Waals surface area contributed by atoms with E-state index in [1.54, 1.807) is 36.6 Å². The van der Waals surface area contributed by atoms with E-state index in [0.717, 1.165) is 0 Å². The highest BCUT2D eigenvalue weighted by Gasteiger charge is 2.35. The third-order valence-corrected chi connectivity index (χ3v) is 6.81. The minimum Gasteiger partial charge on any atom is -0.472 e. The van der Waals surface area contributed by atoms with Gasteiger partial charge in [0.15, 0.2) is 0 Å². The third kappa shape index (κ3) is 4.17. The molecule has 0 aliphatic rings. The number of hydrogen-bond acceptors (Lipinski definition) is 6. The van der Waals surface area contributed by atoms with Crippen LogP contribution >= 0.6 is 11.3 Å². The van der Waals surface area contributed by atoms with Gasteiger partial charge in [-0.2, -0.15) is 0 Å². The molecule has 0 aliphatic carbocycles. The summed E-state index contributed by atoms with van der Waals surface area (Å²) in [6.07, 6.45) is 2.81. The van der Waals surface area contributed by atoms with Crippen LogP contribution < -0.4 is 10.0 Å². The second-order valence-electron chi connectivity index (χ2n) is 6.34. The van der Waals surface area contributed by atoms with Crippen LogP contribution in [0.5, 0.6) is 0 Å². The van der Waals surface area contributed by atoms with Gasteiger partial charge in [0.1, 0.15) is 5.60 Å². The van der Waals surface area contributed by atoms with Gasteiger partial charge in [0.25, 0.3) is 0 Å². The van der Waals surface area contributed by atoms with Crippen molar-refractivity contribution in [3.63, 3.8) is 0 Å². The van der Waals surface area contributed by atoms with Crippen LogP contribution in [0.1, 0.15) is 22.9 Å². The van der Waals surface area contributed by atoms with Gasteiger partial charge < -0.3 is 14.8 Å². The lowest BCUT2D eigenvalue weighted by Crippen LogP contribution is -2.41. The summed E-state index contributed by atoms with van der Waals surface area (Å²) in [6.45, 7) is 2.76. The first-order chi connectivity index (χ1) is 13.2. The Kier molecular flexibility index (Phi) is 5.71. The molecule has 1 amide bonds. The number of sulfonamides is 1. The highest BCUT2D eigenvalue weighted by molar-refractivity contribution is 7.89. The molecule has 148 valence electrons. The van der Waals surface area contributed by atoms with Crippen LogP contribution in [-0.2, 0) is 20.4 Å². The van der Waals surface area contributed by atoms with Gasteiger partial charge in [-0.1, -0.05) is 6.07 Å². The Bertz CT molecular complexity index is 1020. The number of amides is 1. The van der Waals surface area contributed by atoms with Gasteiger partial charge in [0, 0.05) is 29.6 Å². The van der Waals surface area contributed by atoms with Crippen LogP contribution in [0.2, 0.25) is 0 Å². The molecule has 0 radical (unpaired) electrons. The standard InChI is InChI=1S/C19H20N2O5S2/c1-13-10-16(21-14(2)22)5-6-17(13)28(24,25)20-12-19(23,15-7-8-26-11-15)18-4-3-9-27-18/h3-11,20,23H,12H2,1-2H3,(H,21,22). The lowest BCUT2D eigenvalue weighted by molar-refractivity contribution is -0.114. The van der Waals surface area contributed by atoms with E-state index in [1.807, 2.05) is 0 Å². The van der Waals surface area contributed by atoms with Crippen LogP contribution in [0.3, 0.4) is 0 Å². The molecule has 0 saturated heterocycles. The van der Waals surface area contributed by atoms with Crippen molar-refractivity contribution in [2.24, 2.45) is 0 Å². The van der Waals surface area contributed by atoms with Crippen LogP contribution in [-0.4, -0.2) is 26.0 Å². The maximum atomic E-state index is 12.8. The van der Waals surface area contributed by atoms with Crippen molar-refractivity contribution in [3.8, 4) is 0 Å². The number of thiophene rings is 1. The van der Waals surface area contributed by atoms with Gasteiger partial charge in [0.2, 0.25) is 15.9 Å². The molecule has 0 aliphatic heterocycles. The summed E-state index contributed by atoms with van der Waals surface area (Å²) in [6, 6.07) is 9.64. The average molecular weight is 421 g/mol. The first kappa shape index (κ1) is 20.3. The van der Waals surface area contributed by atoms with Crippen LogP contribution in [0.15, 0.2) is 63.6 Å². The van der Waals surface area contributed by atoms with Crippen molar-refractivity contribution < 1.29 is 22.7 Å². The topological polar surface area (TPSA) is 109 Å². The van der Waals surface area contributed by atoms with E-state index < -0.39 is 15.6 Å². The predicted octanol–water partition coefficient (Wildman–Crippen LogP) is 2.82. The summed E-state index contributed by atoms with van der Waals surface area (Å²) in [5, 5.41) is 15.7. The zero-order valence-corrected chi connectivity index (χ0v) is 16.9. The summed E-state index contributed by atoms with van der Waals surface area (Å²) in [4.78, 5) is 11.8. The zero-order valence-electron chi connectivity index (χ0n) is 15.3. The van der Waals surface area contributed by atoms with Crippen LogP contribution in [0.4, 0.5) is 5.69 Å². The number of nitrogens with one attached hydrogen (secondary N) is 2. The molecule has 3 rings (SSSR count). The van der Waals surface area contributed by atoms with E-state index in [1.165, 1.54) is 42.9 Å². The van der Waals surface area contributed by atoms with Crippen molar-refractivity contribution in [2.75, 3.05) is 11.9 Å². The number of anilines is 1. The molecule has 9 heteroatoms. The second-order valence-corrected chi connectivity index (χ2v) is 9.02. The number of carbonyl (C=O) groups is 1. The minimum absolute atomic E-state index is 0.0716. The predicted molar refractivity (Wildman–Crippen MR) is 107 cm³/mol. The molecular formula is C19H20N2O5S2. The fourth-order valence-corrected chi connectivity index (χ4v) is 4.98. The summed E-state index contributed by atoms with van der Waals surface area (Å²) >= 11 is 1.32. The van der Waals surface area contributed by atoms with Gasteiger partial charge in [-0.05, 0) is 48.2 Å². The first-order valence-corrected chi connectivity index (χ1v) is 10.8. The summed E-state index contributed by atoms with van der Waals surface area (Å²) in [5.74, 6) is -0.241. The van der Waals surface area contributed by atoms with Crippen molar-refractivity contribution in [2.45, 2.75) is 24.3 Å². The highest BCUT2D eigenvalue weighted by Crippen LogP contribution is 2.33. The van der Waals surface area contributed by atoms with Gasteiger partial charge in [-0.25, -0.2) is 13.1 Å². The SMILES string of the molecule is CC(=O)Nc1ccc(S(=O)(=O)NCC(O)(c2ccoc2)c2cccs2)c(C)c1. The lowest BCUT2D eigenvalue weighted by atomic mass is 9.95. The van der Waals surface area contributed by atoms with E-state index in [0.29, 0.717) is 21.7 Å². The molecule has 0 saturated carbocycles. The highest BCUT2D eigenvalue weighted by atomic mass is 32.2. The number of benzene rings is 1. The van der Waals surface area contributed by atoms with E-state index >= 15 is 0 Å². The summed E-state index contributed by atoms with van der Waals surface area (Å²) in [7, 11) is -3.90. The Morgan fingerprint density at radius 1 is 1.29 bits per heavy atom. The molecule has 1 atom stereocenters. The number of aliphatic hydroxyl groups is 1. The fraction of sp³-hybridized carbons (Fsp3) is 0.211. The first-order valence-electron chi connectivity index (χ1n) is 8.39. The zero-order chi connectivity index (χ0) is 20.4. The van der Waals surface area contributed by atoms with E-state index in [-0.39, 0.29) is 17.3 Å². The number of carbonyl (C=O) groups excluding carboxylic acids is 1. The molecule has 3 N–H and O–H groups in total. The lowest BCUT2D eigenvalue weighted by Gasteiger charge is -2.26. The smallest absolute Gasteiger partial charge is 0.240 e. The molecular weight excluding hydrogens is 400 g/mol. The van der Waals surface area contributed by atoms with Crippen LogP contribution in [0.25, 0.3) is 0 Å². The molecule has 1 unspecified atom stereocenters. The van der Waals surface area contributed by atoms with Gasteiger partial charge in [0.05, 0.1) is 17.4 Å². The number of furan rings is 1. The van der Waals surface area contributed by atoms with Crippen LogP contribution in [0, 0.1) is 6.92 Å². The fourth-order valence-electron chi connectivity index (χ4n) is 2.85. The molecule has 0 spiro atoms. The van der Waals surface area contributed by atoms with E-state index in [2.05, 4.69) is 10.0 Å². The monoisotopic (exact) mass is 420 g/mol. The maximum absolute atomic E-state index is 12.8. The largest absolute Gasteiger partial charge is 0.472 e. The van der Waals surface area contributed by atoms with Crippen molar-refractivity contribution in [1.29, 1.82) is 0 Å². The Morgan fingerprint density at radius 2 is 2.07 bits per heavy atom. The Hall–Kier alpha value is -2.46. The Balaban J connectivity index is 1.87. The van der Waals surface area contributed by atoms with E-state index in [9.17, 15) is 18.3 Å². The molecule has 3 aromatic rings. The quantitative estimate of drug-likeness (QED) is 0.545. The summed E-state index contributed by atoms with van der Waals surface area (Å²) < 4.78 is 33.3. The number of aryl methyl sites for hydroxylation is 1. The normalized spacial score (nSPS) is 13.8. The minimum atomic E-state index is -3.90. The van der Waals surface area contributed by atoms with Crippen molar-refractivity contribution >= 4 is 33.0 Å². The maximum Gasteiger partial charge on any atom is 0.240 e. The van der Waals surface area contributed by atoms with Crippen molar-refractivity contribution in [1.82, 2.24) is 4.72 Å². The molecule has 7 nitrogen and oxygen atoms in total. The molecule has 0 fully saturated rings. The number of hydrogen-bond donors (Lipinski definition) is 3. The molecule has 28 heavy (non-hydrogen) atoms. The number of rotatable bonds is 7. The molecule has 1 aromatic carbocycles. The molecule has 0 bridgehead atoms. The Morgan fingerprint density at radius 3 is 2.64 bits per heavy atom. The Labute approximate surface area is 167 Å². The average Bonchev–Trinajstić information content (AvgIpc) is 3.33. The van der Waals surface area contributed by atoms with Gasteiger partial charge >= 0.3 is 0 Å². The second kappa shape index (κ2) is 7.88. The molecule has 2 heterocycles. The molecule has 2 aromatic heterocycles. The van der Waals surface area contributed by atoms with E-state index in [4.69, 9.17) is 4.42 Å². The van der Waals surface area contributed by atoms with Crippen molar-refractivity contribution in [3.05, 3.63) is 70.3 Å². The van der Waals surface area contributed by atoms with Gasteiger partial charge in [-0.3, -0.25) is 4.79 Å². The third-order valence-electron chi connectivity index (χ3n) is 4.23. The summed E-state index contributed by atoms with van der Waals surface area (Å²) in [5.41, 5.74) is -0.118. The van der Waals surface area contributed by atoms with Gasteiger partial charge in [-0.15, -0.1) is 11.3 Å².